The second-order valence-electron chi connectivity index (χ2n) is 5.19. The van der Waals surface area contributed by atoms with E-state index in [0.29, 0.717) is 41.7 Å². The average molecular weight is 338 g/mol. The Morgan fingerprint density at radius 2 is 2.30 bits per heavy atom. The Morgan fingerprint density at radius 1 is 1.48 bits per heavy atom. The molecule has 1 fully saturated rings. The number of morpholine rings is 1. The minimum atomic E-state index is -0.137. The molecule has 1 amide bonds. The SMILES string of the molecule is COc1cc(-n2cnnn2)c(Cl)cc1C(=O)N1CCOC(C)C1. The summed E-state index contributed by atoms with van der Waals surface area (Å²) in [5, 5.41) is 11.3. The number of aromatic nitrogens is 4. The fourth-order valence-corrected chi connectivity index (χ4v) is 2.75. The number of rotatable bonds is 3. The molecule has 122 valence electrons. The maximum absolute atomic E-state index is 12.8. The lowest BCUT2D eigenvalue weighted by Gasteiger charge is -2.31. The van der Waals surface area contributed by atoms with Crippen LogP contribution >= 0.6 is 11.6 Å². The van der Waals surface area contributed by atoms with E-state index in [4.69, 9.17) is 21.1 Å². The Morgan fingerprint density at radius 3 is 2.96 bits per heavy atom. The molecular formula is C14H16ClN5O3. The maximum Gasteiger partial charge on any atom is 0.257 e. The molecule has 0 bridgehead atoms. The van der Waals surface area contributed by atoms with Crippen molar-refractivity contribution in [1.82, 2.24) is 25.1 Å². The van der Waals surface area contributed by atoms with Gasteiger partial charge in [-0.05, 0) is 23.4 Å². The molecule has 9 heteroatoms. The van der Waals surface area contributed by atoms with Crippen LogP contribution < -0.4 is 4.74 Å². The Bertz CT molecular complexity index is 707. The summed E-state index contributed by atoms with van der Waals surface area (Å²) in [5.74, 6) is 0.284. The standard InChI is InChI=1S/C14H16ClN5O3/c1-9-7-19(3-4-23-9)14(21)10-5-11(15)12(6-13(10)22-2)20-8-16-17-18-20/h5-6,8-9H,3-4,7H2,1-2H3. The van der Waals surface area contributed by atoms with E-state index in [-0.39, 0.29) is 12.0 Å². The number of benzene rings is 1. The van der Waals surface area contributed by atoms with E-state index in [2.05, 4.69) is 15.5 Å². The molecule has 1 aromatic heterocycles. The molecule has 1 aliphatic rings. The van der Waals surface area contributed by atoms with Gasteiger partial charge in [0.25, 0.3) is 5.91 Å². The van der Waals surface area contributed by atoms with Gasteiger partial charge in [0.2, 0.25) is 0 Å². The Labute approximate surface area is 137 Å². The topological polar surface area (TPSA) is 82.4 Å². The van der Waals surface area contributed by atoms with Crippen LogP contribution in [0.25, 0.3) is 5.69 Å². The van der Waals surface area contributed by atoms with Crippen LogP contribution in [0.5, 0.6) is 5.75 Å². The van der Waals surface area contributed by atoms with Gasteiger partial charge < -0.3 is 14.4 Å². The third-order valence-electron chi connectivity index (χ3n) is 3.62. The first-order chi connectivity index (χ1) is 11.1. The smallest absolute Gasteiger partial charge is 0.257 e. The highest BCUT2D eigenvalue weighted by Crippen LogP contribution is 2.30. The van der Waals surface area contributed by atoms with Crippen molar-refractivity contribution in [2.75, 3.05) is 26.8 Å². The van der Waals surface area contributed by atoms with Crippen molar-refractivity contribution in [2.45, 2.75) is 13.0 Å². The maximum atomic E-state index is 12.8. The summed E-state index contributed by atoms with van der Waals surface area (Å²) in [6.45, 7) is 3.53. The van der Waals surface area contributed by atoms with Crippen molar-refractivity contribution in [1.29, 1.82) is 0 Å². The molecule has 2 aromatic rings. The summed E-state index contributed by atoms with van der Waals surface area (Å²) in [6.07, 6.45) is 1.43. The average Bonchev–Trinajstić information content (AvgIpc) is 3.08. The van der Waals surface area contributed by atoms with E-state index in [1.54, 1.807) is 17.0 Å². The highest BCUT2D eigenvalue weighted by atomic mass is 35.5. The number of carbonyl (C=O) groups excluding carboxylic acids is 1. The van der Waals surface area contributed by atoms with Crippen molar-refractivity contribution < 1.29 is 14.3 Å². The molecule has 0 saturated carbocycles. The number of carbonyl (C=O) groups is 1. The van der Waals surface area contributed by atoms with Crippen LogP contribution in [0, 0.1) is 0 Å². The second kappa shape index (κ2) is 6.51. The van der Waals surface area contributed by atoms with E-state index in [9.17, 15) is 4.79 Å². The Hall–Kier alpha value is -2.19. The summed E-state index contributed by atoms with van der Waals surface area (Å²) < 4.78 is 12.2. The first-order valence-electron chi connectivity index (χ1n) is 7.12. The lowest BCUT2D eigenvalue weighted by molar-refractivity contribution is -0.0125. The lowest BCUT2D eigenvalue weighted by atomic mass is 10.1. The summed E-state index contributed by atoms with van der Waals surface area (Å²) in [7, 11) is 1.51. The van der Waals surface area contributed by atoms with Crippen molar-refractivity contribution in [2.24, 2.45) is 0 Å². The van der Waals surface area contributed by atoms with Crippen molar-refractivity contribution >= 4 is 17.5 Å². The van der Waals surface area contributed by atoms with Gasteiger partial charge in [-0.3, -0.25) is 4.79 Å². The molecular weight excluding hydrogens is 322 g/mol. The van der Waals surface area contributed by atoms with Crippen LogP contribution in [0.3, 0.4) is 0 Å². The summed E-state index contributed by atoms with van der Waals surface area (Å²) in [6, 6.07) is 3.23. The van der Waals surface area contributed by atoms with Crippen molar-refractivity contribution in [3.05, 3.63) is 29.0 Å². The van der Waals surface area contributed by atoms with Gasteiger partial charge in [0, 0.05) is 19.2 Å². The van der Waals surface area contributed by atoms with Crippen LogP contribution in [-0.2, 0) is 4.74 Å². The molecule has 1 unspecified atom stereocenters. The minimum Gasteiger partial charge on any atom is -0.496 e. The first kappa shape index (κ1) is 15.7. The number of ether oxygens (including phenoxy) is 2. The number of amides is 1. The Balaban J connectivity index is 1.96. The molecule has 1 saturated heterocycles. The van der Waals surface area contributed by atoms with Crippen molar-refractivity contribution in [3.8, 4) is 11.4 Å². The summed E-state index contributed by atoms with van der Waals surface area (Å²) >= 11 is 6.29. The number of hydrogen-bond donors (Lipinski definition) is 0. The van der Waals surface area contributed by atoms with Gasteiger partial charge in [-0.2, -0.15) is 4.68 Å². The third kappa shape index (κ3) is 3.13. The second-order valence-corrected chi connectivity index (χ2v) is 5.60. The molecule has 0 N–H and O–H groups in total. The zero-order valence-corrected chi connectivity index (χ0v) is 13.5. The molecule has 1 aromatic carbocycles. The third-order valence-corrected chi connectivity index (χ3v) is 3.93. The summed E-state index contributed by atoms with van der Waals surface area (Å²) in [5.41, 5.74) is 0.948. The molecule has 0 aliphatic carbocycles. The Kier molecular flexibility index (Phi) is 4.44. The molecule has 1 aliphatic heterocycles. The van der Waals surface area contributed by atoms with Crippen LogP contribution in [0.15, 0.2) is 18.5 Å². The van der Waals surface area contributed by atoms with Gasteiger partial charge in [0.05, 0.1) is 36.1 Å². The van der Waals surface area contributed by atoms with Crippen LogP contribution in [0.1, 0.15) is 17.3 Å². The van der Waals surface area contributed by atoms with E-state index < -0.39 is 0 Å². The molecule has 23 heavy (non-hydrogen) atoms. The van der Waals surface area contributed by atoms with Gasteiger partial charge in [-0.15, -0.1) is 5.10 Å². The molecule has 3 rings (SSSR count). The fraction of sp³-hybridized carbons (Fsp3) is 0.429. The normalized spacial score (nSPS) is 18.0. The van der Waals surface area contributed by atoms with E-state index >= 15 is 0 Å². The van der Waals surface area contributed by atoms with Gasteiger partial charge in [0.1, 0.15) is 12.1 Å². The number of halogens is 1. The highest BCUT2D eigenvalue weighted by Gasteiger charge is 2.26. The number of tetrazole rings is 1. The molecule has 2 heterocycles. The molecule has 0 spiro atoms. The predicted molar refractivity (Wildman–Crippen MR) is 82.0 cm³/mol. The van der Waals surface area contributed by atoms with Gasteiger partial charge >= 0.3 is 0 Å². The van der Waals surface area contributed by atoms with E-state index in [1.165, 1.54) is 18.1 Å². The van der Waals surface area contributed by atoms with Gasteiger partial charge in [-0.25, -0.2) is 0 Å². The predicted octanol–water partition coefficient (Wildman–Crippen LogP) is 1.19. The number of hydrogen-bond acceptors (Lipinski definition) is 6. The first-order valence-corrected chi connectivity index (χ1v) is 7.49. The molecule has 8 nitrogen and oxygen atoms in total. The monoisotopic (exact) mass is 337 g/mol. The lowest BCUT2D eigenvalue weighted by Crippen LogP contribution is -2.44. The van der Waals surface area contributed by atoms with E-state index in [0.717, 1.165) is 0 Å². The molecule has 1 atom stereocenters. The highest BCUT2D eigenvalue weighted by molar-refractivity contribution is 6.33. The van der Waals surface area contributed by atoms with E-state index in [1.807, 2.05) is 6.92 Å². The molecule has 0 radical (unpaired) electrons. The van der Waals surface area contributed by atoms with Crippen LogP contribution in [-0.4, -0.2) is 63.9 Å². The fourth-order valence-electron chi connectivity index (χ4n) is 2.50. The largest absolute Gasteiger partial charge is 0.496 e. The van der Waals surface area contributed by atoms with Gasteiger partial charge in [0.15, 0.2) is 0 Å². The van der Waals surface area contributed by atoms with Gasteiger partial charge in [-0.1, -0.05) is 11.6 Å². The van der Waals surface area contributed by atoms with Crippen LogP contribution in [0.2, 0.25) is 5.02 Å². The quantitative estimate of drug-likeness (QED) is 0.836. The zero-order chi connectivity index (χ0) is 16.4. The van der Waals surface area contributed by atoms with Crippen molar-refractivity contribution in [3.63, 3.8) is 0 Å². The number of methoxy groups -OCH3 is 1. The van der Waals surface area contributed by atoms with Crippen LogP contribution in [0.4, 0.5) is 0 Å². The number of nitrogens with zero attached hydrogens (tertiary/aromatic N) is 5. The minimum absolute atomic E-state index is 0.00895. The zero-order valence-electron chi connectivity index (χ0n) is 12.8. The summed E-state index contributed by atoms with van der Waals surface area (Å²) in [4.78, 5) is 14.5.